The van der Waals surface area contributed by atoms with Crippen LogP contribution in [0.1, 0.15) is 29.7 Å². The number of primary amides is 1. The summed E-state index contributed by atoms with van der Waals surface area (Å²) in [5, 5.41) is 10.1. The fourth-order valence-electron chi connectivity index (χ4n) is 3.51. The standard InChI is InChI=1S/C26H26F2N4O4/c1-2-35-24(26(34)32-13-15-7-9-16(10-8-15)25(30)31)23-19(27)11-17(12-20(23)28)18-5-3-4-6-21(18)36-14-22(29)33/h3-12,24H,2,13-14H2,1H3,(H2,29,33)(H3,30,31)(H,32,34). The van der Waals surface area contributed by atoms with E-state index in [9.17, 15) is 9.59 Å². The highest BCUT2D eigenvalue weighted by atomic mass is 19.1. The summed E-state index contributed by atoms with van der Waals surface area (Å²) in [6.45, 7) is 1.32. The Kier molecular flexibility index (Phi) is 8.69. The molecule has 0 fully saturated rings. The number of para-hydroxylation sites is 1. The Morgan fingerprint density at radius 3 is 2.25 bits per heavy atom. The van der Waals surface area contributed by atoms with Gasteiger partial charge in [-0.05, 0) is 36.2 Å². The van der Waals surface area contributed by atoms with Crippen LogP contribution in [0.3, 0.4) is 0 Å². The predicted octanol–water partition coefficient (Wildman–Crippen LogP) is 3.17. The number of carbonyl (C=O) groups is 2. The van der Waals surface area contributed by atoms with E-state index in [2.05, 4.69) is 5.32 Å². The molecule has 0 aromatic heterocycles. The molecule has 3 aromatic rings. The van der Waals surface area contributed by atoms with Gasteiger partial charge in [0, 0.05) is 24.3 Å². The summed E-state index contributed by atoms with van der Waals surface area (Å²) in [7, 11) is 0. The van der Waals surface area contributed by atoms with Gasteiger partial charge in [0.1, 0.15) is 23.2 Å². The number of carbonyl (C=O) groups excluding carboxylic acids is 2. The van der Waals surface area contributed by atoms with E-state index in [0.29, 0.717) is 16.7 Å². The van der Waals surface area contributed by atoms with E-state index < -0.39 is 41.7 Å². The number of hydrogen-bond acceptors (Lipinski definition) is 5. The highest BCUT2D eigenvalue weighted by Gasteiger charge is 2.28. The lowest BCUT2D eigenvalue weighted by Gasteiger charge is -2.20. The molecule has 0 bridgehead atoms. The minimum Gasteiger partial charge on any atom is -0.483 e. The minimum absolute atomic E-state index is 0.0375. The third-order valence-electron chi connectivity index (χ3n) is 5.21. The first-order chi connectivity index (χ1) is 17.2. The van der Waals surface area contributed by atoms with Crippen molar-refractivity contribution in [2.24, 2.45) is 11.5 Å². The predicted molar refractivity (Wildman–Crippen MR) is 130 cm³/mol. The van der Waals surface area contributed by atoms with E-state index in [1.807, 2.05) is 0 Å². The van der Waals surface area contributed by atoms with Gasteiger partial charge in [0.05, 0.1) is 5.56 Å². The average Bonchev–Trinajstić information content (AvgIpc) is 2.85. The molecule has 0 aliphatic carbocycles. The minimum atomic E-state index is -1.53. The first kappa shape index (κ1) is 26.3. The van der Waals surface area contributed by atoms with Gasteiger partial charge in [-0.15, -0.1) is 0 Å². The number of amidine groups is 1. The highest BCUT2D eigenvalue weighted by molar-refractivity contribution is 5.94. The molecule has 0 aliphatic rings. The lowest BCUT2D eigenvalue weighted by atomic mass is 9.99. The summed E-state index contributed by atoms with van der Waals surface area (Å²) in [5.74, 6) is -3.24. The van der Waals surface area contributed by atoms with Crippen molar-refractivity contribution in [2.75, 3.05) is 13.2 Å². The number of benzene rings is 3. The Bertz CT molecular complexity index is 1240. The van der Waals surface area contributed by atoms with Gasteiger partial charge in [-0.1, -0.05) is 42.5 Å². The van der Waals surface area contributed by atoms with Gasteiger partial charge in [0.25, 0.3) is 11.8 Å². The first-order valence-corrected chi connectivity index (χ1v) is 11.0. The Hall–Kier alpha value is -4.31. The van der Waals surface area contributed by atoms with Crippen molar-refractivity contribution in [3.05, 3.63) is 89.0 Å². The Balaban J connectivity index is 1.85. The first-order valence-electron chi connectivity index (χ1n) is 11.0. The largest absolute Gasteiger partial charge is 0.483 e. The van der Waals surface area contributed by atoms with E-state index >= 15 is 8.78 Å². The number of nitrogens with one attached hydrogen (secondary N) is 2. The molecule has 1 unspecified atom stereocenters. The second-order valence-electron chi connectivity index (χ2n) is 7.77. The Morgan fingerprint density at radius 2 is 1.67 bits per heavy atom. The zero-order chi connectivity index (χ0) is 26.2. The number of nitrogens with two attached hydrogens (primary N) is 2. The second-order valence-corrected chi connectivity index (χ2v) is 7.77. The smallest absolute Gasteiger partial charge is 0.255 e. The molecule has 3 aromatic carbocycles. The number of hydrogen-bond donors (Lipinski definition) is 4. The molecule has 10 heteroatoms. The number of halogens is 2. The molecule has 0 radical (unpaired) electrons. The zero-order valence-corrected chi connectivity index (χ0v) is 19.5. The molecule has 0 saturated carbocycles. The van der Waals surface area contributed by atoms with Crippen LogP contribution < -0.4 is 21.5 Å². The maximum atomic E-state index is 15.2. The van der Waals surface area contributed by atoms with Gasteiger partial charge in [-0.2, -0.15) is 0 Å². The summed E-state index contributed by atoms with van der Waals surface area (Å²) in [6, 6.07) is 15.2. The van der Waals surface area contributed by atoms with Crippen LogP contribution in [0.5, 0.6) is 5.75 Å². The number of amides is 2. The van der Waals surface area contributed by atoms with Crippen LogP contribution in [0.2, 0.25) is 0 Å². The van der Waals surface area contributed by atoms with Crippen molar-refractivity contribution in [3.8, 4) is 16.9 Å². The molecule has 0 heterocycles. The molecule has 3 rings (SSSR count). The van der Waals surface area contributed by atoms with Gasteiger partial charge >= 0.3 is 0 Å². The zero-order valence-electron chi connectivity index (χ0n) is 19.5. The van der Waals surface area contributed by atoms with Crippen LogP contribution in [0.15, 0.2) is 60.7 Å². The molecular weight excluding hydrogens is 470 g/mol. The number of rotatable bonds is 11. The van der Waals surface area contributed by atoms with Crippen LogP contribution in [0.4, 0.5) is 8.78 Å². The van der Waals surface area contributed by atoms with Crippen LogP contribution in [0, 0.1) is 17.0 Å². The number of nitrogen functional groups attached to an aromatic ring is 1. The maximum absolute atomic E-state index is 15.2. The lowest BCUT2D eigenvalue weighted by molar-refractivity contribution is -0.133. The van der Waals surface area contributed by atoms with Crippen LogP contribution in [-0.2, 0) is 20.9 Å². The van der Waals surface area contributed by atoms with Crippen molar-refractivity contribution in [1.82, 2.24) is 5.32 Å². The highest BCUT2D eigenvalue weighted by Crippen LogP contribution is 2.34. The van der Waals surface area contributed by atoms with Gasteiger partial charge in [-0.3, -0.25) is 15.0 Å². The lowest BCUT2D eigenvalue weighted by Crippen LogP contribution is -2.31. The van der Waals surface area contributed by atoms with E-state index in [-0.39, 0.29) is 30.3 Å². The topological polar surface area (TPSA) is 141 Å². The van der Waals surface area contributed by atoms with Gasteiger partial charge < -0.3 is 26.3 Å². The molecule has 0 spiro atoms. The molecule has 2 amide bonds. The van der Waals surface area contributed by atoms with Crippen molar-refractivity contribution in [2.45, 2.75) is 19.6 Å². The van der Waals surface area contributed by atoms with E-state index in [0.717, 1.165) is 12.1 Å². The molecular formula is C26H26F2N4O4. The van der Waals surface area contributed by atoms with Crippen LogP contribution >= 0.6 is 0 Å². The van der Waals surface area contributed by atoms with Crippen LogP contribution in [-0.4, -0.2) is 30.9 Å². The monoisotopic (exact) mass is 496 g/mol. The van der Waals surface area contributed by atoms with Crippen molar-refractivity contribution >= 4 is 17.6 Å². The quantitative estimate of drug-likeness (QED) is 0.238. The summed E-state index contributed by atoms with van der Waals surface area (Å²) in [6.07, 6.45) is -1.53. The normalized spacial score (nSPS) is 11.5. The fraction of sp³-hybridized carbons (Fsp3) is 0.192. The molecule has 8 nitrogen and oxygen atoms in total. The maximum Gasteiger partial charge on any atom is 0.255 e. The van der Waals surface area contributed by atoms with Gasteiger partial charge in [0.2, 0.25) is 0 Å². The van der Waals surface area contributed by atoms with Crippen molar-refractivity contribution < 1.29 is 27.8 Å². The SMILES string of the molecule is CCOC(C(=O)NCc1ccc(C(=N)N)cc1)c1c(F)cc(-c2ccccc2OCC(N)=O)cc1F. The van der Waals surface area contributed by atoms with Crippen molar-refractivity contribution in [3.63, 3.8) is 0 Å². The third kappa shape index (κ3) is 6.42. The molecule has 6 N–H and O–H groups in total. The second kappa shape index (κ2) is 11.9. The van der Waals surface area contributed by atoms with Gasteiger partial charge in [0.15, 0.2) is 12.7 Å². The van der Waals surface area contributed by atoms with Crippen LogP contribution in [0.25, 0.3) is 11.1 Å². The Morgan fingerprint density at radius 1 is 1.03 bits per heavy atom. The molecule has 1 atom stereocenters. The summed E-state index contributed by atoms with van der Waals surface area (Å²) in [4.78, 5) is 23.9. The summed E-state index contributed by atoms with van der Waals surface area (Å²) < 4.78 is 41.2. The number of ether oxygens (including phenoxy) is 2. The van der Waals surface area contributed by atoms with E-state index in [4.69, 9.17) is 26.4 Å². The average molecular weight is 497 g/mol. The Labute approximate surface area is 206 Å². The summed E-state index contributed by atoms with van der Waals surface area (Å²) >= 11 is 0. The molecule has 188 valence electrons. The molecule has 0 saturated heterocycles. The third-order valence-corrected chi connectivity index (χ3v) is 5.21. The van der Waals surface area contributed by atoms with Gasteiger partial charge in [-0.25, -0.2) is 8.78 Å². The fourth-order valence-corrected chi connectivity index (χ4v) is 3.51. The molecule has 36 heavy (non-hydrogen) atoms. The van der Waals surface area contributed by atoms with E-state index in [1.54, 1.807) is 55.5 Å². The van der Waals surface area contributed by atoms with E-state index in [1.165, 1.54) is 0 Å². The summed E-state index contributed by atoms with van der Waals surface area (Å²) in [5.41, 5.74) is 11.7. The van der Waals surface area contributed by atoms with Crippen molar-refractivity contribution in [1.29, 1.82) is 5.41 Å². The molecule has 0 aliphatic heterocycles.